The fourth-order valence-corrected chi connectivity index (χ4v) is 5.32. The van der Waals surface area contributed by atoms with E-state index in [9.17, 15) is 19.7 Å². The topological polar surface area (TPSA) is 111 Å². The van der Waals surface area contributed by atoms with Crippen LogP contribution in [0.1, 0.15) is 32.8 Å². The number of thiophene rings is 1. The molecule has 0 fully saturated rings. The number of halogens is 1. The van der Waals surface area contributed by atoms with Crippen LogP contribution in [0, 0.1) is 17.0 Å². The van der Waals surface area contributed by atoms with Gasteiger partial charge >= 0.3 is 0 Å². The fourth-order valence-electron chi connectivity index (χ4n) is 4.22. The first-order chi connectivity index (χ1) is 19.7. The molecule has 1 heterocycles. The third kappa shape index (κ3) is 8.66. The SMILES string of the molecule is COCCCN(CC(=O)N(CCc1ccc(OC)c(OC)c1)Cc1sccc1C)C(=O)c1ccc(Cl)c([N+](=O)[O-])c1. The molecule has 12 heteroatoms. The van der Waals surface area contributed by atoms with Crippen molar-refractivity contribution in [1.29, 1.82) is 0 Å². The summed E-state index contributed by atoms with van der Waals surface area (Å²) in [6.07, 6.45) is 1.04. The van der Waals surface area contributed by atoms with Gasteiger partial charge in [0, 0.05) is 43.3 Å². The molecule has 3 rings (SSSR count). The number of methoxy groups -OCH3 is 3. The maximum absolute atomic E-state index is 13.8. The number of ether oxygens (including phenoxy) is 3. The van der Waals surface area contributed by atoms with E-state index in [2.05, 4.69) is 0 Å². The quantitative estimate of drug-likeness (QED) is 0.130. The van der Waals surface area contributed by atoms with Gasteiger partial charge in [-0.3, -0.25) is 19.7 Å². The average molecular weight is 604 g/mol. The summed E-state index contributed by atoms with van der Waals surface area (Å²) < 4.78 is 15.9. The number of amides is 2. The zero-order valence-electron chi connectivity index (χ0n) is 23.6. The summed E-state index contributed by atoms with van der Waals surface area (Å²) in [4.78, 5) is 42.2. The van der Waals surface area contributed by atoms with E-state index in [1.165, 1.54) is 17.0 Å². The molecule has 0 saturated heterocycles. The Morgan fingerprint density at radius 1 is 1.00 bits per heavy atom. The molecule has 0 unspecified atom stereocenters. The van der Waals surface area contributed by atoms with Gasteiger partial charge in [-0.1, -0.05) is 17.7 Å². The third-order valence-corrected chi connectivity index (χ3v) is 7.88. The van der Waals surface area contributed by atoms with E-state index in [1.807, 2.05) is 36.6 Å². The number of nitro groups is 1. The smallest absolute Gasteiger partial charge is 0.288 e. The van der Waals surface area contributed by atoms with Crippen molar-refractivity contribution in [2.75, 3.05) is 47.6 Å². The van der Waals surface area contributed by atoms with Crippen molar-refractivity contribution in [3.8, 4) is 11.5 Å². The summed E-state index contributed by atoms with van der Waals surface area (Å²) in [6.45, 7) is 3.21. The van der Waals surface area contributed by atoms with Crippen molar-refractivity contribution in [3.63, 3.8) is 0 Å². The Balaban J connectivity index is 1.85. The van der Waals surface area contributed by atoms with Gasteiger partial charge in [-0.2, -0.15) is 0 Å². The first-order valence-corrected chi connectivity index (χ1v) is 14.2. The molecule has 0 spiro atoms. The van der Waals surface area contributed by atoms with Crippen molar-refractivity contribution in [2.24, 2.45) is 0 Å². The molecule has 0 radical (unpaired) electrons. The van der Waals surface area contributed by atoms with Crippen LogP contribution in [0.5, 0.6) is 11.5 Å². The molecule has 0 aliphatic rings. The van der Waals surface area contributed by atoms with E-state index in [-0.39, 0.29) is 35.3 Å². The molecule has 0 saturated carbocycles. The maximum atomic E-state index is 13.8. The highest BCUT2D eigenvalue weighted by molar-refractivity contribution is 7.10. The molecule has 0 N–H and O–H groups in total. The van der Waals surface area contributed by atoms with E-state index in [1.54, 1.807) is 37.6 Å². The number of hydrogen-bond acceptors (Lipinski definition) is 8. The normalized spacial score (nSPS) is 10.8. The number of nitrogens with zero attached hydrogens (tertiary/aromatic N) is 3. The van der Waals surface area contributed by atoms with Gasteiger partial charge in [0.1, 0.15) is 11.6 Å². The third-order valence-electron chi connectivity index (χ3n) is 6.55. The molecule has 0 aliphatic carbocycles. The summed E-state index contributed by atoms with van der Waals surface area (Å²) in [5.41, 5.74) is 1.76. The minimum atomic E-state index is -0.640. The van der Waals surface area contributed by atoms with Crippen LogP contribution in [-0.2, 0) is 22.5 Å². The van der Waals surface area contributed by atoms with Gasteiger partial charge in [-0.25, -0.2) is 0 Å². The lowest BCUT2D eigenvalue weighted by molar-refractivity contribution is -0.384. The fraction of sp³-hybridized carbons (Fsp3) is 0.379. The van der Waals surface area contributed by atoms with Crippen LogP contribution in [0.3, 0.4) is 0 Å². The van der Waals surface area contributed by atoms with E-state index in [0.29, 0.717) is 44.0 Å². The van der Waals surface area contributed by atoms with Gasteiger partial charge < -0.3 is 24.0 Å². The molecule has 1 aromatic heterocycles. The lowest BCUT2D eigenvalue weighted by Crippen LogP contribution is -2.44. The molecular formula is C29H34ClN3O7S. The molecule has 2 amide bonds. The molecule has 220 valence electrons. The van der Waals surface area contributed by atoms with Crippen LogP contribution < -0.4 is 9.47 Å². The minimum Gasteiger partial charge on any atom is -0.493 e. The number of hydrogen-bond donors (Lipinski definition) is 0. The Kier molecular flexibility index (Phi) is 11.9. The van der Waals surface area contributed by atoms with Crippen LogP contribution in [-0.4, -0.2) is 74.1 Å². The second-order valence-corrected chi connectivity index (χ2v) is 10.7. The van der Waals surface area contributed by atoms with Gasteiger partial charge in [0.2, 0.25) is 5.91 Å². The van der Waals surface area contributed by atoms with Gasteiger partial charge in [0.25, 0.3) is 11.6 Å². The lowest BCUT2D eigenvalue weighted by Gasteiger charge is -2.28. The van der Waals surface area contributed by atoms with Crippen molar-refractivity contribution < 1.29 is 28.7 Å². The zero-order valence-corrected chi connectivity index (χ0v) is 25.1. The second-order valence-electron chi connectivity index (χ2n) is 9.28. The Labute approximate surface area is 248 Å². The van der Waals surface area contributed by atoms with E-state index >= 15 is 0 Å². The Morgan fingerprint density at radius 3 is 2.39 bits per heavy atom. The van der Waals surface area contributed by atoms with Gasteiger partial charge in [0.15, 0.2) is 11.5 Å². The number of rotatable bonds is 15. The number of carbonyl (C=O) groups is 2. The van der Waals surface area contributed by atoms with Crippen molar-refractivity contribution in [3.05, 3.63) is 84.5 Å². The number of benzene rings is 2. The maximum Gasteiger partial charge on any atom is 0.288 e. The zero-order chi connectivity index (χ0) is 29.9. The molecule has 0 aliphatic heterocycles. The van der Waals surface area contributed by atoms with Crippen LogP contribution in [0.25, 0.3) is 0 Å². The van der Waals surface area contributed by atoms with Crippen LogP contribution in [0.15, 0.2) is 47.8 Å². The highest BCUT2D eigenvalue weighted by atomic mass is 35.5. The summed E-state index contributed by atoms with van der Waals surface area (Å²) in [5, 5.41) is 13.3. The minimum absolute atomic E-state index is 0.0683. The Bertz CT molecular complexity index is 1360. The molecular weight excluding hydrogens is 570 g/mol. The molecule has 0 atom stereocenters. The summed E-state index contributed by atoms with van der Waals surface area (Å²) in [5.74, 6) is 0.476. The van der Waals surface area contributed by atoms with Crippen molar-refractivity contribution in [1.82, 2.24) is 9.80 Å². The van der Waals surface area contributed by atoms with E-state index < -0.39 is 10.8 Å². The molecule has 10 nitrogen and oxygen atoms in total. The predicted octanol–water partition coefficient (Wildman–Crippen LogP) is 5.39. The molecule has 41 heavy (non-hydrogen) atoms. The average Bonchev–Trinajstić information content (AvgIpc) is 3.38. The lowest BCUT2D eigenvalue weighted by atomic mass is 10.1. The molecule has 3 aromatic rings. The highest BCUT2D eigenvalue weighted by Gasteiger charge is 2.25. The number of carbonyl (C=O) groups excluding carboxylic acids is 2. The van der Waals surface area contributed by atoms with E-state index in [0.717, 1.165) is 22.1 Å². The van der Waals surface area contributed by atoms with Crippen molar-refractivity contribution >= 4 is 40.4 Å². The summed E-state index contributed by atoms with van der Waals surface area (Å²) >= 11 is 7.52. The standard InChI is InChI=1S/C29H34ClN3O7S/c1-20-11-15-41-27(20)18-31(13-10-21-6-9-25(39-3)26(16-21)40-4)28(34)19-32(12-5-14-38-2)29(35)22-7-8-23(30)24(17-22)33(36)37/h6-9,11,15-17H,5,10,12-14,18-19H2,1-4H3. The largest absolute Gasteiger partial charge is 0.493 e. The van der Waals surface area contributed by atoms with Crippen LogP contribution in [0.4, 0.5) is 5.69 Å². The summed E-state index contributed by atoms with van der Waals surface area (Å²) in [6, 6.07) is 11.5. The summed E-state index contributed by atoms with van der Waals surface area (Å²) in [7, 11) is 4.70. The Morgan fingerprint density at radius 2 is 1.76 bits per heavy atom. The first-order valence-electron chi connectivity index (χ1n) is 12.9. The number of nitro benzene ring substituents is 1. The number of aryl methyl sites for hydroxylation is 1. The molecule has 2 aromatic carbocycles. The molecule has 0 bridgehead atoms. The van der Waals surface area contributed by atoms with Crippen LogP contribution in [0.2, 0.25) is 5.02 Å². The monoisotopic (exact) mass is 603 g/mol. The Hall–Kier alpha value is -3.67. The second kappa shape index (κ2) is 15.4. The van der Waals surface area contributed by atoms with Gasteiger partial charge in [-0.05, 0) is 66.6 Å². The predicted molar refractivity (Wildman–Crippen MR) is 158 cm³/mol. The van der Waals surface area contributed by atoms with E-state index in [4.69, 9.17) is 25.8 Å². The van der Waals surface area contributed by atoms with Crippen LogP contribution >= 0.6 is 22.9 Å². The van der Waals surface area contributed by atoms with Gasteiger partial charge in [0.05, 0.1) is 25.7 Å². The van der Waals surface area contributed by atoms with Gasteiger partial charge in [-0.15, -0.1) is 11.3 Å². The highest BCUT2D eigenvalue weighted by Crippen LogP contribution is 2.28. The first kappa shape index (κ1) is 31.9. The van der Waals surface area contributed by atoms with Crippen molar-refractivity contribution in [2.45, 2.75) is 26.3 Å².